The van der Waals surface area contributed by atoms with Gasteiger partial charge >= 0.3 is 59.1 Å². The van der Waals surface area contributed by atoms with E-state index in [1.807, 2.05) is 0 Å². The van der Waals surface area contributed by atoms with Gasteiger partial charge in [-0.15, -0.1) is 0 Å². The zero-order chi connectivity index (χ0) is 9.83. The molecule has 0 saturated heterocycles. The van der Waals surface area contributed by atoms with Gasteiger partial charge < -0.3 is 9.11 Å². The average Bonchev–Trinajstić information content (AvgIpc) is 1.76. The van der Waals surface area contributed by atoms with Crippen molar-refractivity contribution in [1.82, 2.24) is 0 Å². The number of hydrogen-bond donors (Lipinski definition) is 0. The first kappa shape index (κ1) is 42.8. The van der Waals surface area contributed by atoms with E-state index in [9.17, 15) is 25.9 Å². The summed E-state index contributed by atoms with van der Waals surface area (Å²) in [6.45, 7) is 0. The molecule has 0 amide bonds. The van der Waals surface area contributed by atoms with Crippen molar-refractivity contribution in [3.8, 4) is 0 Å². The molecule has 0 fully saturated rings. The minimum atomic E-state index is -4.35. The summed E-state index contributed by atoms with van der Waals surface area (Å²) in [6, 6.07) is 0. The Kier molecular flexibility index (Phi) is 46.4. The summed E-state index contributed by atoms with van der Waals surface area (Å²) in [4.78, 5) is 0. The van der Waals surface area contributed by atoms with Crippen LogP contribution < -0.4 is 59.1 Å². The van der Waals surface area contributed by atoms with E-state index < -0.39 is 30.4 Å². The van der Waals surface area contributed by atoms with Crippen molar-refractivity contribution in [1.29, 1.82) is 0 Å². The van der Waals surface area contributed by atoms with Crippen molar-refractivity contribution in [3.63, 3.8) is 0 Å². The fourth-order valence-electron chi connectivity index (χ4n) is 0.186. The monoisotopic (exact) mass is 362 g/mol. The first-order valence-electron chi connectivity index (χ1n) is 2.32. The van der Waals surface area contributed by atoms with Gasteiger partial charge in [0.2, 0.25) is 0 Å². The molecule has 18 heavy (non-hydrogen) atoms. The van der Waals surface area contributed by atoms with E-state index in [2.05, 4.69) is 0 Å². The van der Waals surface area contributed by atoms with Crippen LogP contribution in [0.1, 0.15) is 29.7 Å². The van der Waals surface area contributed by atoms with Crippen LogP contribution in [0.15, 0.2) is 0 Å². The Morgan fingerprint density at radius 2 is 0.833 bits per heavy atom. The molecule has 0 unspecified atom stereocenters. The van der Waals surface area contributed by atoms with E-state index in [1.54, 1.807) is 0 Å². The second-order valence-electron chi connectivity index (χ2n) is 1.59. The molecular formula is C6H20Na2O6S4. The average molecular weight is 362 g/mol. The topological polar surface area (TPSA) is 114 Å². The SMILES string of the molecule is C.C.C.C.O=S(=O)([O-])CSSCS(=O)(=O)[O-].[Na+].[Na+]. The Morgan fingerprint density at radius 1 is 0.667 bits per heavy atom. The minimum Gasteiger partial charge on any atom is -0.747 e. The Morgan fingerprint density at radius 3 is 0.944 bits per heavy atom. The summed E-state index contributed by atoms with van der Waals surface area (Å²) in [5.41, 5.74) is 0. The van der Waals surface area contributed by atoms with Crippen molar-refractivity contribution < 1.29 is 85.1 Å². The zero-order valence-electron chi connectivity index (χ0n) is 7.50. The molecule has 0 aromatic carbocycles. The second-order valence-corrected chi connectivity index (χ2v) is 7.59. The van der Waals surface area contributed by atoms with Gasteiger partial charge in [-0.3, -0.25) is 0 Å². The van der Waals surface area contributed by atoms with E-state index in [4.69, 9.17) is 0 Å². The summed E-state index contributed by atoms with van der Waals surface area (Å²) in [5.74, 6) is 0. The Labute approximate surface area is 164 Å². The van der Waals surface area contributed by atoms with Crippen molar-refractivity contribution in [2.75, 3.05) is 10.2 Å². The van der Waals surface area contributed by atoms with Crippen LogP contribution >= 0.6 is 21.6 Å². The van der Waals surface area contributed by atoms with Crippen LogP contribution in [0.25, 0.3) is 0 Å². The van der Waals surface area contributed by atoms with Crippen molar-refractivity contribution in [3.05, 3.63) is 0 Å². The molecule has 0 aliphatic carbocycles. The largest absolute Gasteiger partial charge is 1.00 e. The molecule has 0 aromatic rings. The Balaban J connectivity index is -0.0000000403. The van der Waals surface area contributed by atoms with Gasteiger partial charge in [0.1, 0.15) is 20.2 Å². The molecule has 0 aliphatic rings. The molecular weight excluding hydrogens is 342 g/mol. The van der Waals surface area contributed by atoms with Gasteiger partial charge in [-0.1, -0.05) is 51.3 Å². The summed E-state index contributed by atoms with van der Waals surface area (Å²) < 4.78 is 59.6. The molecule has 0 saturated carbocycles. The van der Waals surface area contributed by atoms with Gasteiger partial charge in [0.05, 0.1) is 10.2 Å². The van der Waals surface area contributed by atoms with Gasteiger partial charge in [-0.2, -0.15) is 0 Å². The summed E-state index contributed by atoms with van der Waals surface area (Å²) in [7, 11) is -7.64. The smallest absolute Gasteiger partial charge is 0.747 e. The molecule has 0 bridgehead atoms. The predicted octanol–water partition coefficient (Wildman–Crippen LogP) is -4.07. The Bertz CT molecular complexity index is 294. The fourth-order valence-corrected chi connectivity index (χ4v) is 5.02. The van der Waals surface area contributed by atoms with Crippen molar-refractivity contribution in [2.24, 2.45) is 0 Å². The van der Waals surface area contributed by atoms with Crippen LogP contribution in [0, 0.1) is 0 Å². The first-order valence-corrected chi connectivity index (χ1v) is 7.96. The van der Waals surface area contributed by atoms with Gasteiger partial charge in [0.25, 0.3) is 0 Å². The molecule has 106 valence electrons. The molecule has 0 spiro atoms. The van der Waals surface area contributed by atoms with Crippen LogP contribution in [0.2, 0.25) is 0 Å². The second kappa shape index (κ2) is 19.5. The quantitative estimate of drug-likeness (QED) is 0.210. The van der Waals surface area contributed by atoms with E-state index in [0.29, 0.717) is 21.6 Å². The third-order valence-electron chi connectivity index (χ3n) is 0.468. The predicted molar refractivity (Wildman–Crippen MR) is 71.2 cm³/mol. The van der Waals surface area contributed by atoms with Gasteiger partial charge in [0, 0.05) is 0 Å². The van der Waals surface area contributed by atoms with Crippen molar-refractivity contribution >= 4 is 41.8 Å². The van der Waals surface area contributed by atoms with E-state index in [-0.39, 0.29) is 88.8 Å². The molecule has 12 heteroatoms. The summed E-state index contributed by atoms with van der Waals surface area (Å²) in [5, 5.41) is -1.49. The van der Waals surface area contributed by atoms with Crippen molar-refractivity contribution in [2.45, 2.75) is 29.7 Å². The van der Waals surface area contributed by atoms with Gasteiger partial charge in [-0.25, -0.2) is 16.8 Å². The van der Waals surface area contributed by atoms with E-state index >= 15 is 0 Å². The van der Waals surface area contributed by atoms with E-state index in [1.165, 1.54) is 0 Å². The molecule has 0 aliphatic heterocycles. The molecule has 0 radical (unpaired) electrons. The van der Waals surface area contributed by atoms with Crippen LogP contribution in [-0.2, 0) is 20.2 Å². The van der Waals surface area contributed by atoms with Crippen LogP contribution in [-0.4, -0.2) is 36.1 Å². The number of rotatable bonds is 5. The van der Waals surface area contributed by atoms with Crippen LogP contribution in [0.3, 0.4) is 0 Å². The third-order valence-corrected chi connectivity index (χ3v) is 5.95. The first-order chi connectivity index (χ1) is 5.21. The van der Waals surface area contributed by atoms with Crippen LogP contribution in [0.5, 0.6) is 0 Å². The maximum Gasteiger partial charge on any atom is 1.00 e. The van der Waals surface area contributed by atoms with Gasteiger partial charge in [0.15, 0.2) is 0 Å². The molecule has 0 rings (SSSR count). The van der Waals surface area contributed by atoms with Crippen LogP contribution in [0.4, 0.5) is 0 Å². The minimum absolute atomic E-state index is 0. The fraction of sp³-hybridized carbons (Fsp3) is 1.00. The molecule has 6 nitrogen and oxygen atoms in total. The number of hydrogen-bond acceptors (Lipinski definition) is 8. The molecule has 0 N–H and O–H groups in total. The zero-order valence-corrected chi connectivity index (χ0v) is 14.8. The molecule has 0 atom stereocenters. The standard InChI is InChI=1S/C2H6O6S4.4CH4.2Na/c3-11(4,5)1-9-10-2-12(6,7)8;;;;;;/h1-2H2,(H,3,4,5)(H,6,7,8);4*1H4;;/q;;;;;2*+1/p-2. The van der Waals surface area contributed by atoms with Gasteiger partial charge in [-0.05, 0) is 0 Å². The molecule has 0 aromatic heterocycles. The maximum atomic E-state index is 9.94. The molecule has 0 heterocycles. The third kappa shape index (κ3) is 42.8. The normalized spacial score (nSPS) is 8.78. The maximum absolute atomic E-state index is 9.94. The summed E-state index contributed by atoms with van der Waals surface area (Å²) in [6.07, 6.45) is 0. The van der Waals surface area contributed by atoms with E-state index in [0.717, 1.165) is 0 Å². The summed E-state index contributed by atoms with van der Waals surface area (Å²) >= 11 is 0. The Hall–Kier alpha value is 2.52.